The molecule has 3 nitrogen and oxygen atoms in total. The first-order chi connectivity index (χ1) is 9.33. The van der Waals surface area contributed by atoms with Crippen LogP contribution in [0.25, 0.3) is 0 Å². The Kier molecular flexibility index (Phi) is 5.98. The first-order valence-electron chi connectivity index (χ1n) is 7.01. The Balaban J connectivity index is 1.78. The monoisotopic (exact) mass is 326 g/mol. The van der Waals surface area contributed by atoms with E-state index in [1.54, 1.807) is 7.11 Å². The van der Waals surface area contributed by atoms with Crippen molar-refractivity contribution in [1.82, 2.24) is 4.90 Å². The maximum Gasteiger partial charge on any atom is 0.119 e. The van der Waals surface area contributed by atoms with Gasteiger partial charge in [0, 0.05) is 37.2 Å². The first kappa shape index (κ1) is 14.7. The van der Waals surface area contributed by atoms with Gasteiger partial charge in [0.1, 0.15) is 5.75 Å². The summed E-state index contributed by atoms with van der Waals surface area (Å²) in [5.74, 6) is 0.928. The molecule has 0 spiro atoms. The van der Waals surface area contributed by atoms with E-state index in [1.165, 1.54) is 38.2 Å². The number of halogens is 1. The molecule has 0 saturated carbocycles. The lowest BCUT2D eigenvalue weighted by Gasteiger charge is -2.36. The number of methoxy groups -OCH3 is 1. The summed E-state index contributed by atoms with van der Waals surface area (Å²) >= 11 is 3.49. The molecular weight excluding hydrogens is 304 g/mol. The van der Waals surface area contributed by atoms with Crippen LogP contribution in [0.15, 0.2) is 24.3 Å². The Morgan fingerprint density at radius 3 is 2.32 bits per heavy atom. The van der Waals surface area contributed by atoms with Crippen molar-refractivity contribution >= 4 is 21.6 Å². The molecule has 0 amide bonds. The molecule has 2 rings (SSSR count). The molecule has 0 unspecified atom stereocenters. The summed E-state index contributed by atoms with van der Waals surface area (Å²) in [6, 6.07) is 8.38. The lowest BCUT2D eigenvalue weighted by molar-refractivity contribution is 0.254. The van der Waals surface area contributed by atoms with E-state index in [9.17, 15) is 0 Å². The van der Waals surface area contributed by atoms with Crippen LogP contribution in [0, 0.1) is 0 Å². The van der Waals surface area contributed by atoms with Gasteiger partial charge in [0.15, 0.2) is 0 Å². The van der Waals surface area contributed by atoms with Gasteiger partial charge < -0.3 is 9.64 Å². The summed E-state index contributed by atoms with van der Waals surface area (Å²) in [6.45, 7) is 5.84. The zero-order chi connectivity index (χ0) is 13.5. The van der Waals surface area contributed by atoms with E-state index in [1.807, 2.05) is 12.1 Å². The summed E-state index contributed by atoms with van der Waals surface area (Å²) in [4.78, 5) is 5.03. The Hall–Kier alpha value is -0.740. The molecule has 1 fully saturated rings. The highest BCUT2D eigenvalue weighted by Gasteiger charge is 2.16. The number of anilines is 1. The second-order valence-corrected chi connectivity index (χ2v) is 5.72. The molecule has 1 aromatic rings. The number of hydrogen-bond acceptors (Lipinski definition) is 3. The van der Waals surface area contributed by atoms with E-state index in [2.05, 4.69) is 37.9 Å². The van der Waals surface area contributed by atoms with Crippen LogP contribution in [0.5, 0.6) is 5.75 Å². The smallest absolute Gasteiger partial charge is 0.119 e. The van der Waals surface area contributed by atoms with Crippen LogP contribution < -0.4 is 9.64 Å². The maximum atomic E-state index is 5.20. The van der Waals surface area contributed by atoms with Crippen molar-refractivity contribution in [3.63, 3.8) is 0 Å². The lowest BCUT2D eigenvalue weighted by atomic mass is 10.2. The van der Waals surface area contributed by atoms with Crippen LogP contribution in [-0.4, -0.2) is 50.1 Å². The second kappa shape index (κ2) is 7.75. The van der Waals surface area contributed by atoms with Gasteiger partial charge in [0.2, 0.25) is 0 Å². The number of hydrogen-bond donors (Lipinski definition) is 0. The van der Waals surface area contributed by atoms with Gasteiger partial charge in [0.25, 0.3) is 0 Å². The van der Waals surface area contributed by atoms with Gasteiger partial charge in [-0.2, -0.15) is 0 Å². The normalized spacial score (nSPS) is 16.6. The molecular formula is C15H23BrN2O. The van der Waals surface area contributed by atoms with E-state index < -0.39 is 0 Å². The standard InChI is InChI=1S/C15H23BrN2O/c1-19-15-6-4-14(5-7-15)18-12-10-17(11-13-18)9-3-2-8-16/h4-7H,2-3,8-13H2,1H3. The molecule has 106 valence electrons. The van der Waals surface area contributed by atoms with E-state index in [-0.39, 0.29) is 0 Å². The highest BCUT2D eigenvalue weighted by Crippen LogP contribution is 2.20. The number of benzene rings is 1. The molecule has 0 aromatic heterocycles. The number of rotatable bonds is 6. The Bertz CT molecular complexity index is 361. The molecule has 0 bridgehead atoms. The van der Waals surface area contributed by atoms with Crippen LogP contribution in [0.1, 0.15) is 12.8 Å². The van der Waals surface area contributed by atoms with Crippen molar-refractivity contribution in [3.05, 3.63) is 24.3 Å². The van der Waals surface area contributed by atoms with E-state index in [4.69, 9.17) is 4.74 Å². The topological polar surface area (TPSA) is 15.7 Å². The number of unbranched alkanes of at least 4 members (excludes halogenated alkanes) is 1. The van der Waals surface area contributed by atoms with E-state index in [0.717, 1.165) is 24.2 Å². The predicted molar refractivity (Wildman–Crippen MR) is 84.7 cm³/mol. The minimum absolute atomic E-state index is 0.928. The van der Waals surface area contributed by atoms with Crippen LogP contribution in [0.3, 0.4) is 0 Å². The quantitative estimate of drug-likeness (QED) is 0.590. The van der Waals surface area contributed by atoms with Crippen LogP contribution >= 0.6 is 15.9 Å². The molecule has 1 aliphatic heterocycles. The summed E-state index contributed by atoms with van der Waals surface area (Å²) in [7, 11) is 1.71. The molecule has 0 N–H and O–H groups in total. The van der Waals surface area contributed by atoms with Gasteiger partial charge in [-0.1, -0.05) is 15.9 Å². The van der Waals surface area contributed by atoms with Gasteiger partial charge in [0.05, 0.1) is 7.11 Å². The summed E-state index contributed by atoms with van der Waals surface area (Å²) in [5, 5.41) is 1.12. The number of alkyl halides is 1. The summed E-state index contributed by atoms with van der Waals surface area (Å²) in [6.07, 6.45) is 2.58. The molecule has 1 aromatic carbocycles. The molecule has 0 radical (unpaired) electrons. The molecule has 1 aliphatic rings. The van der Waals surface area contributed by atoms with Gasteiger partial charge in [-0.3, -0.25) is 4.90 Å². The molecule has 0 atom stereocenters. The fraction of sp³-hybridized carbons (Fsp3) is 0.600. The van der Waals surface area contributed by atoms with Crippen molar-refractivity contribution in [1.29, 1.82) is 0 Å². The highest BCUT2D eigenvalue weighted by atomic mass is 79.9. The van der Waals surface area contributed by atoms with Crippen molar-refractivity contribution in [2.45, 2.75) is 12.8 Å². The summed E-state index contributed by atoms with van der Waals surface area (Å²) in [5.41, 5.74) is 1.31. The van der Waals surface area contributed by atoms with Crippen molar-refractivity contribution in [3.8, 4) is 5.75 Å². The number of nitrogens with zero attached hydrogens (tertiary/aromatic N) is 2. The van der Waals surface area contributed by atoms with Crippen LogP contribution in [0.4, 0.5) is 5.69 Å². The zero-order valence-corrected chi connectivity index (χ0v) is 13.2. The van der Waals surface area contributed by atoms with Gasteiger partial charge in [-0.15, -0.1) is 0 Å². The Labute approximate surface area is 124 Å². The number of ether oxygens (including phenoxy) is 1. The largest absolute Gasteiger partial charge is 0.497 e. The predicted octanol–water partition coefficient (Wildman–Crippen LogP) is 2.99. The number of piperazine rings is 1. The lowest BCUT2D eigenvalue weighted by Crippen LogP contribution is -2.46. The van der Waals surface area contributed by atoms with E-state index in [0.29, 0.717) is 0 Å². The fourth-order valence-electron chi connectivity index (χ4n) is 2.45. The molecule has 1 heterocycles. The molecule has 4 heteroatoms. The molecule has 19 heavy (non-hydrogen) atoms. The van der Waals surface area contributed by atoms with Crippen molar-refractivity contribution in [2.24, 2.45) is 0 Å². The van der Waals surface area contributed by atoms with Crippen molar-refractivity contribution in [2.75, 3.05) is 50.1 Å². The van der Waals surface area contributed by atoms with Crippen molar-refractivity contribution < 1.29 is 4.74 Å². The Morgan fingerprint density at radius 2 is 1.74 bits per heavy atom. The zero-order valence-electron chi connectivity index (χ0n) is 11.6. The Morgan fingerprint density at radius 1 is 1.05 bits per heavy atom. The molecule has 0 aliphatic carbocycles. The third-order valence-corrected chi connectivity index (χ3v) is 4.23. The minimum Gasteiger partial charge on any atom is -0.497 e. The maximum absolute atomic E-state index is 5.20. The van der Waals surface area contributed by atoms with E-state index >= 15 is 0 Å². The average molecular weight is 327 g/mol. The SMILES string of the molecule is COc1ccc(N2CCN(CCCCBr)CC2)cc1. The van der Waals surface area contributed by atoms with Crippen LogP contribution in [-0.2, 0) is 0 Å². The third kappa shape index (κ3) is 4.39. The first-order valence-corrected chi connectivity index (χ1v) is 8.13. The molecule has 1 saturated heterocycles. The van der Waals surface area contributed by atoms with Gasteiger partial charge in [-0.25, -0.2) is 0 Å². The highest BCUT2D eigenvalue weighted by molar-refractivity contribution is 9.09. The fourth-order valence-corrected chi connectivity index (χ4v) is 2.85. The summed E-state index contributed by atoms with van der Waals surface area (Å²) < 4.78 is 5.20. The average Bonchev–Trinajstić information content (AvgIpc) is 2.48. The van der Waals surface area contributed by atoms with Crippen LogP contribution in [0.2, 0.25) is 0 Å². The van der Waals surface area contributed by atoms with Gasteiger partial charge >= 0.3 is 0 Å². The minimum atomic E-state index is 0.928. The second-order valence-electron chi connectivity index (χ2n) is 4.92. The third-order valence-electron chi connectivity index (χ3n) is 3.67. The van der Waals surface area contributed by atoms with Gasteiger partial charge in [-0.05, 0) is 43.7 Å².